The zero-order valence-corrected chi connectivity index (χ0v) is 14.3. The molecule has 1 saturated carbocycles. The quantitative estimate of drug-likeness (QED) is 0.383. The molecule has 1 aromatic carbocycles. The van der Waals surface area contributed by atoms with E-state index in [0.29, 0.717) is 33.8 Å². The van der Waals surface area contributed by atoms with E-state index in [9.17, 15) is 10.2 Å². The van der Waals surface area contributed by atoms with Crippen LogP contribution in [0.1, 0.15) is 12.5 Å². The van der Waals surface area contributed by atoms with Crippen molar-refractivity contribution >= 4 is 22.8 Å². The van der Waals surface area contributed by atoms with Crippen molar-refractivity contribution in [3.05, 3.63) is 47.4 Å². The Bertz CT molecular complexity index is 986. The van der Waals surface area contributed by atoms with E-state index in [4.69, 9.17) is 22.2 Å². The van der Waals surface area contributed by atoms with Crippen molar-refractivity contribution in [2.45, 2.75) is 30.8 Å². The first-order valence-corrected chi connectivity index (χ1v) is 8.39. The van der Waals surface area contributed by atoms with Crippen LogP contribution in [0.5, 0.6) is 5.75 Å². The standard InChI is InChI=1S/C16H17ClN6O3/c17-8-1-3-9(4-2-8)26-11-5-10(13(24)14(11)25)23-7-21-12-15(22-18)19-6-20-16(12)23/h1-4,6-7,10-11,13-14,24-25H,5,18H2,(H,19,20,22)/t10-,11+,13+,14-/m1/s1. The first-order chi connectivity index (χ1) is 12.6. The Morgan fingerprint density at radius 2 is 2.00 bits per heavy atom. The van der Waals surface area contributed by atoms with Crippen LogP contribution in [0.25, 0.3) is 11.2 Å². The smallest absolute Gasteiger partial charge is 0.202 e. The molecule has 9 nitrogen and oxygen atoms in total. The van der Waals surface area contributed by atoms with Crippen molar-refractivity contribution in [1.29, 1.82) is 0 Å². The highest BCUT2D eigenvalue weighted by Gasteiger charge is 2.44. The summed E-state index contributed by atoms with van der Waals surface area (Å²) in [4.78, 5) is 11.2. The number of nitrogens with two attached hydrogens (primary N) is 1. The van der Waals surface area contributed by atoms with E-state index in [-0.39, 0.29) is 0 Å². The van der Waals surface area contributed by atoms with E-state index in [2.05, 4.69) is 20.1 Å². The minimum atomic E-state index is -1.05. The fourth-order valence-electron chi connectivity index (χ4n) is 3.28. The Kier molecular flexibility index (Phi) is 4.27. The highest BCUT2D eigenvalue weighted by atomic mass is 35.5. The summed E-state index contributed by atoms with van der Waals surface area (Å²) in [6.07, 6.45) is 0.753. The fourth-order valence-corrected chi connectivity index (χ4v) is 3.40. The molecule has 4 atom stereocenters. The third kappa shape index (κ3) is 2.79. The maximum atomic E-state index is 10.5. The lowest BCUT2D eigenvalue weighted by Crippen LogP contribution is -2.34. The van der Waals surface area contributed by atoms with Crippen molar-refractivity contribution in [2.75, 3.05) is 0 Å². The molecule has 0 radical (unpaired) electrons. The van der Waals surface area contributed by atoms with E-state index in [0.717, 1.165) is 0 Å². The van der Waals surface area contributed by atoms with Gasteiger partial charge in [-0.05, 0) is 24.3 Å². The van der Waals surface area contributed by atoms with Crippen molar-refractivity contribution in [3.8, 4) is 5.75 Å². The van der Waals surface area contributed by atoms with Crippen LogP contribution in [0.4, 0.5) is 0 Å². The number of benzene rings is 1. The Labute approximate surface area is 152 Å². The molecule has 4 rings (SSSR count). The molecular weight excluding hydrogens is 360 g/mol. The number of fused-ring (bicyclic) bond motifs is 1. The molecule has 5 N–H and O–H groups in total. The fraction of sp³-hybridized carbons (Fsp3) is 0.312. The molecule has 2 aromatic heterocycles. The lowest BCUT2D eigenvalue weighted by Gasteiger charge is -2.18. The molecule has 0 aliphatic heterocycles. The monoisotopic (exact) mass is 376 g/mol. The van der Waals surface area contributed by atoms with Crippen LogP contribution in [0, 0.1) is 0 Å². The van der Waals surface area contributed by atoms with Crippen LogP contribution in [-0.4, -0.2) is 48.0 Å². The van der Waals surface area contributed by atoms with Gasteiger partial charge in [-0.25, -0.2) is 9.97 Å². The van der Waals surface area contributed by atoms with Gasteiger partial charge in [0.1, 0.15) is 29.7 Å². The van der Waals surface area contributed by atoms with E-state index in [1.165, 1.54) is 6.33 Å². The molecule has 0 bridgehead atoms. The van der Waals surface area contributed by atoms with Crippen molar-refractivity contribution in [1.82, 2.24) is 19.5 Å². The number of halogens is 1. The number of aliphatic hydroxyl groups is 2. The number of ether oxygens (including phenoxy) is 1. The summed E-state index contributed by atoms with van der Waals surface area (Å²) in [5, 5.41) is 25.1. The molecule has 0 spiro atoms. The number of rotatable bonds is 3. The van der Waals surface area contributed by atoms with E-state index < -0.39 is 24.4 Å². The predicted octanol–water partition coefficient (Wildman–Crippen LogP) is 0.301. The maximum Gasteiger partial charge on any atom is 0.202 e. The minimum absolute atomic E-state index is 0.291. The van der Waals surface area contributed by atoms with E-state index >= 15 is 0 Å². The number of imidazole rings is 1. The van der Waals surface area contributed by atoms with Crippen molar-refractivity contribution in [2.24, 2.45) is 10.9 Å². The maximum absolute atomic E-state index is 10.5. The normalized spacial score (nSPS) is 26.5. The number of nitrogens with one attached hydrogen (secondary N) is 1. The van der Waals surface area contributed by atoms with E-state index in [1.54, 1.807) is 35.2 Å². The molecule has 136 valence electrons. The number of hydrogen-bond donors (Lipinski definition) is 4. The minimum Gasteiger partial charge on any atom is -0.488 e. The number of aromatic amines is 1. The first-order valence-electron chi connectivity index (χ1n) is 8.01. The van der Waals surface area contributed by atoms with Crippen LogP contribution in [0.15, 0.2) is 42.0 Å². The molecular formula is C16H17ClN6O3. The number of H-pyrrole nitrogens is 1. The number of hydrogen-bond acceptors (Lipinski definition) is 7. The Morgan fingerprint density at radius 3 is 2.73 bits per heavy atom. The van der Waals surface area contributed by atoms with Gasteiger partial charge in [0.25, 0.3) is 0 Å². The molecule has 2 heterocycles. The topological polar surface area (TPSA) is 135 Å². The Hall–Kier alpha value is -2.62. The largest absolute Gasteiger partial charge is 0.488 e. The van der Waals surface area contributed by atoms with Crippen molar-refractivity contribution < 1.29 is 14.9 Å². The third-order valence-electron chi connectivity index (χ3n) is 4.57. The number of aromatic nitrogens is 4. The van der Waals surface area contributed by atoms with Crippen LogP contribution in [0.3, 0.4) is 0 Å². The summed E-state index contributed by atoms with van der Waals surface area (Å²) in [7, 11) is 0. The van der Waals surface area contributed by atoms with Gasteiger partial charge in [0.15, 0.2) is 5.52 Å². The number of aliphatic hydroxyl groups excluding tert-OH is 2. The average Bonchev–Trinajstić information content (AvgIpc) is 3.20. The second-order valence-corrected chi connectivity index (χ2v) is 6.54. The molecule has 0 amide bonds. The molecule has 0 saturated heterocycles. The second-order valence-electron chi connectivity index (χ2n) is 6.10. The molecule has 0 unspecified atom stereocenters. The average molecular weight is 377 g/mol. The molecule has 1 aliphatic rings. The van der Waals surface area contributed by atoms with Gasteiger partial charge in [-0.3, -0.25) is 0 Å². The van der Waals surface area contributed by atoms with Gasteiger partial charge in [-0.1, -0.05) is 11.6 Å². The third-order valence-corrected chi connectivity index (χ3v) is 4.83. The lowest BCUT2D eigenvalue weighted by atomic mass is 10.2. The highest BCUT2D eigenvalue weighted by Crippen LogP contribution is 2.35. The molecule has 3 aromatic rings. The van der Waals surface area contributed by atoms with Gasteiger partial charge in [-0.2, -0.15) is 5.10 Å². The molecule has 1 fully saturated rings. The molecule has 10 heteroatoms. The number of nitrogens with zero attached hydrogens (tertiary/aromatic N) is 4. The summed E-state index contributed by atoms with van der Waals surface area (Å²) < 4.78 is 7.58. The highest BCUT2D eigenvalue weighted by molar-refractivity contribution is 6.30. The second kappa shape index (κ2) is 6.60. The van der Waals surface area contributed by atoms with Gasteiger partial charge in [-0.15, -0.1) is 0 Å². The Balaban J connectivity index is 1.63. The van der Waals surface area contributed by atoms with Crippen LogP contribution in [0.2, 0.25) is 5.02 Å². The van der Waals surface area contributed by atoms with Gasteiger partial charge in [0.05, 0.1) is 18.7 Å². The molecule has 26 heavy (non-hydrogen) atoms. The summed E-state index contributed by atoms with van der Waals surface area (Å²) in [5.74, 6) is 5.90. The van der Waals surface area contributed by atoms with Gasteiger partial charge in [0.2, 0.25) is 5.49 Å². The summed E-state index contributed by atoms with van der Waals surface area (Å²) in [6, 6.07) is 6.41. The van der Waals surface area contributed by atoms with Gasteiger partial charge in [0, 0.05) is 11.4 Å². The zero-order valence-electron chi connectivity index (χ0n) is 13.5. The Morgan fingerprint density at radius 1 is 1.23 bits per heavy atom. The summed E-state index contributed by atoms with van der Waals surface area (Å²) in [5.41, 5.74) is 1.38. The predicted molar refractivity (Wildman–Crippen MR) is 93.2 cm³/mol. The SMILES string of the molecule is N/N=c1/nc[nH]c2c1ncn2[C@@H]1C[C@H](Oc2ccc(Cl)cc2)[C@@H](O)[C@H]1O. The van der Waals surface area contributed by atoms with Gasteiger partial charge < -0.3 is 30.3 Å². The van der Waals surface area contributed by atoms with Crippen LogP contribution >= 0.6 is 11.6 Å². The van der Waals surface area contributed by atoms with Crippen molar-refractivity contribution in [3.63, 3.8) is 0 Å². The van der Waals surface area contributed by atoms with Crippen LogP contribution < -0.4 is 16.1 Å². The first kappa shape index (κ1) is 16.8. The van der Waals surface area contributed by atoms with Gasteiger partial charge >= 0.3 is 0 Å². The zero-order chi connectivity index (χ0) is 18.3. The van der Waals surface area contributed by atoms with E-state index in [1.807, 2.05) is 0 Å². The summed E-state index contributed by atoms with van der Waals surface area (Å²) >= 11 is 5.87. The summed E-state index contributed by atoms with van der Waals surface area (Å²) in [6.45, 7) is 0. The molecule has 1 aliphatic carbocycles. The lowest BCUT2D eigenvalue weighted by molar-refractivity contribution is -0.0164. The van der Waals surface area contributed by atoms with Crippen LogP contribution in [-0.2, 0) is 0 Å².